The molecule has 3 aromatic rings. The minimum absolute atomic E-state index is 0.0727. The van der Waals surface area contributed by atoms with E-state index in [-0.39, 0.29) is 5.91 Å². The largest absolute Gasteiger partial charge is 0.352 e. The van der Waals surface area contributed by atoms with Gasteiger partial charge < -0.3 is 9.88 Å². The lowest BCUT2D eigenvalue weighted by Crippen LogP contribution is -2.29. The van der Waals surface area contributed by atoms with Crippen molar-refractivity contribution in [3.05, 3.63) is 59.2 Å². The van der Waals surface area contributed by atoms with E-state index in [4.69, 9.17) is 4.98 Å². The Morgan fingerprint density at radius 1 is 1.32 bits per heavy atom. The van der Waals surface area contributed by atoms with Crippen LogP contribution in [-0.2, 0) is 20.0 Å². The topological polar surface area (TPSA) is 63.1 Å². The molecule has 6 nitrogen and oxygen atoms in total. The third-order valence-electron chi connectivity index (χ3n) is 5.67. The Kier molecular flexibility index (Phi) is 5.13. The van der Waals surface area contributed by atoms with Gasteiger partial charge in [0.2, 0.25) is 0 Å². The number of nitrogens with one attached hydrogen (secondary N) is 1. The fraction of sp³-hybridized carbons (Fsp3) is 0.409. The average molecular weight is 377 g/mol. The van der Waals surface area contributed by atoms with Crippen molar-refractivity contribution in [1.29, 1.82) is 0 Å². The van der Waals surface area contributed by atoms with E-state index >= 15 is 0 Å². The number of rotatable bonds is 5. The lowest BCUT2D eigenvalue weighted by molar-refractivity contribution is 0.0957. The maximum absolute atomic E-state index is 12.4. The third kappa shape index (κ3) is 3.29. The number of amides is 1. The maximum Gasteiger partial charge on any atom is 0.253 e. The van der Waals surface area contributed by atoms with Crippen molar-refractivity contribution >= 4 is 16.9 Å². The molecule has 1 amide bonds. The number of aryl methyl sites for hydroxylation is 2. The van der Waals surface area contributed by atoms with E-state index in [0.29, 0.717) is 24.7 Å². The Morgan fingerprint density at radius 3 is 3.00 bits per heavy atom. The van der Waals surface area contributed by atoms with E-state index in [0.717, 1.165) is 29.7 Å². The Balaban J connectivity index is 1.65. The van der Waals surface area contributed by atoms with E-state index in [2.05, 4.69) is 32.9 Å². The molecule has 1 N–H and O–H groups in total. The number of pyridine rings is 1. The van der Waals surface area contributed by atoms with Gasteiger partial charge in [-0.2, -0.15) is 0 Å². The first-order valence-electron chi connectivity index (χ1n) is 9.96. The molecule has 0 saturated carbocycles. The van der Waals surface area contributed by atoms with Gasteiger partial charge in [0.05, 0.1) is 29.4 Å². The number of benzene rings is 1. The van der Waals surface area contributed by atoms with E-state index in [1.165, 1.54) is 17.7 Å². The minimum Gasteiger partial charge on any atom is -0.352 e. The van der Waals surface area contributed by atoms with Crippen LogP contribution in [0.2, 0.25) is 0 Å². The molecule has 0 bridgehead atoms. The van der Waals surface area contributed by atoms with Gasteiger partial charge in [-0.25, -0.2) is 4.98 Å². The van der Waals surface area contributed by atoms with Gasteiger partial charge in [-0.3, -0.25) is 14.7 Å². The summed E-state index contributed by atoms with van der Waals surface area (Å²) in [6.45, 7) is 3.24. The maximum atomic E-state index is 12.4. The van der Waals surface area contributed by atoms with Crippen LogP contribution in [-0.4, -0.2) is 38.9 Å². The first kappa shape index (κ1) is 18.6. The Hall–Kier alpha value is -2.73. The summed E-state index contributed by atoms with van der Waals surface area (Å²) in [5, 5.41) is 2.88. The molecule has 2 heterocycles. The van der Waals surface area contributed by atoms with Gasteiger partial charge in [0.1, 0.15) is 11.3 Å². The van der Waals surface area contributed by atoms with Gasteiger partial charge in [0, 0.05) is 19.8 Å². The highest BCUT2D eigenvalue weighted by Crippen LogP contribution is 2.33. The fourth-order valence-corrected chi connectivity index (χ4v) is 4.19. The third-order valence-corrected chi connectivity index (χ3v) is 5.67. The van der Waals surface area contributed by atoms with Gasteiger partial charge in [-0.05, 0) is 57.0 Å². The quantitative estimate of drug-likeness (QED) is 0.741. The predicted molar refractivity (Wildman–Crippen MR) is 110 cm³/mol. The number of para-hydroxylation sites is 1. The van der Waals surface area contributed by atoms with Crippen LogP contribution in [0.4, 0.5) is 0 Å². The zero-order valence-electron chi connectivity index (χ0n) is 16.8. The number of hydrogen-bond donors (Lipinski definition) is 1. The first-order chi connectivity index (χ1) is 13.6. The SMILES string of the molecule is CCNC(=O)c1cccc2c1nc(CN(C)C1CCCc3cccnc31)n2C. The molecule has 0 radical (unpaired) electrons. The summed E-state index contributed by atoms with van der Waals surface area (Å²) in [5.41, 5.74) is 4.93. The van der Waals surface area contributed by atoms with Crippen LogP contribution in [0, 0.1) is 0 Å². The van der Waals surface area contributed by atoms with Crippen molar-refractivity contribution in [3.63, 3.8) is 0 Å². The van der Waals surface area contributed by atoms with E-state index in [9.17, 15) is 4.79 Å². The first-order valence-corrected chi connectivity index (χ1v) is 9.96. The molecule has 1 unspecified atom stereocenters. The van der Waals surface area contributed by atoms with Gasteiger partial charge in [-0.1, -0.05) is 12.1 Å². The molecule has 0 saturated heterocycles. The molecule has 0 spiro atoms. The standard InChI is InChI=1S/C22H27N5O/c1-4-23-22(28)16-10-6-12-18-21(16)25-19(27(18)3)14-26(2)17-11-5-8-15-9-7-13-24-20(15)17/h6-7,9-10,12-13,17H,4-5,8,11,14H2,1-3H3,(H,23,28). The molecule has 6 heteroatoms. The molecule has 1 aromatic carbocycles. The number of imidazole rings is 1. The predicted octanol–water partition coefficient (Wildman–Crippen LogP) is 3.23. The lowest BCUT2D eigenvalue weighted by Gasteiger charge is -2.32. The summed E-state index contributed by atoms with van der Waals surface area (Å²) in [7, 11) is 4.16. The normalized spacial score (nSPS) is 16.4. The Morgan fingerprint density at radius 2 is 2.18 bits per heavy atom. The second kappa shape index (κ2) is 7.72. The van der Waals surface area contributed by atoms with Crippen LogP contribution in [0.15, 0.2) is 36.5 Å². The summed E-state index contributed by atoms with van der Waals surface area (Å²) in [6.07, 6.45) is 5.28. The molecule has 28 heavy (non-hydrogen) atoms. The zero-order chi connectivity index (χ0) is 19.7. The lowest BCUT2D eigenvalue weighted by atomic mass is 9.91. The number of aromatic nitrogens is 3. The highest BCUT2D eigenvalue weighted by atomic mass is 16.1. The molecule has 1 aliphatic rings. The van der Waals surface area contributed by atoms with Crippen molar-refractivity contribution in [2.45, 2.75) is 38.8 Å². The summed E-state index contributed by atoms with van der Waals surface area (Å²) < 4.78 is 2.09. The summed E-state index contributed by atoms with van der Waals surface area (Å²) in [6, 6.07) is 10.3. The molecular weight excluding hydrogens is 350 g/mol. The highest BCUT2D eigenvalue weighted by Gasteiger charge is 2.26. The number of carbonyl (C=O) groups is 1. The second-order valence-electron chi connectivity index (χ2n) is 7.49. The number of hydrogen-bond acceptors (Lipinski definition) is 4. The molecule has 0 aliphatic heterocycles. The van der Waals surface area contributed by atoms with Crippen molar-refractivity contribution in [3.8, 4) is 0 Å². The van der Waals surface area contributed by atoms with Crippen LogP contribution in [0.5, 0.6) is 0 Å². The van der Waals surface area contributed by atoms with Gasteiger partial charge >= 0.3 is 0 Å². The molecule has 1 aliphatic carbocycles. The number of fused-ring (bicyclic) bond motifs is 2. The van der Waals surface area contributed by atoms with Crippen molar-refractivity contribution < 1.29 is 4.79 Å². The van der Waals surface area contributed by atoms with Crippen LogP contribution in [0.25, 0.3) is 11.0 Å². The van der Waals surface area contributed by atoms with E-state index in [1.807, 2.05) is 44.4 Å². The fourth-order valence-electron chi connectivity index (χ4n) is 4.19. The van der Waals surface area contributed by atoms with E-state index in [1.54, 1.807) is 0 Å². The van der Waals surface area contributed by atoms with Crippen LogP contribution < -0.4 is 5.32 Å². The molecule has 146 valence electrons. The highest BCUT2D eigenvalue weighted by molar-refractivity contribution is 6.05. The zero-order valence-corrected chi connectivity index (χ0v) is 16.8. The van der Waals surface area contributed by atoms with Gasteiger partial charge in [0.25, 0.3) is 5.91 Å². The van der Waals surface area contributed by atoms with Crippen LogP contribution in [0.3, 0.4) is 0 Å². The Bertz CT molecular complexity index is 1010. The second-order valence-corrected chi connectivity index (χ2v) is 7.49. The van der Waals surface area contributed by atoms with Crippen LogP contribution in [0.1, 0.15) is 53.2 Å². The average Bonchev–Trinajstić information content (AvgIpc) is 3.03. The van der Waals surface area contributed by atoms with Crippen molar-refractivity contribution in [1.82, 2.24) is 24.8 Å². The number of nitrogens with zero attached hydrogens (tertiary/aromatic N) is 4. The molecule has 2 aromatic heterocycles. The summed E-state index contributed by atoms with van der Waals surface area (Å²) in [5.74, 6) is 0.883. The van der Waals surface area contributed by atoms with Crippen LogP contribution >= 0.6 is 0 Å². The summed E-state index contributed by atoms with van der Waals surface area (Å²) >= 11 is 0. The van der Waals surface area contributed by atoms with Gasteiger partial charge in [-0.15, -0.1) is 0 Å². The minimum atomic E-state index is -0.0727. The monoisotopic (exact) mass is 377 g/mol. The summed E-state index contributed by atoms with van der Waals surface area (Å²) in [4.78, 5) is 24.2. The van der Waals surface area contributed by atoms with E-state index < -0.39 is 0 Å². The Labute approximate surface area is 165 Å². The molecule has 0 fully saturated rings. The van der Waals surface area contributed by atoms with Gasteiger partial charge in [0.15, 0.2) is 0 Å². The smallest absolute Gasteiger partial charge is 0.253 e. The van der Waals surface area contributed by atoms with Crippen molar-refractivity contribution in [2.75, 3.05) is 13.6 Å². The van der Waals surface area contributed by atoms with Crippen molar-refractivity contribution in [2.24, 2.45) is 7.05 Å². The number of carbonyl (C=O) groups excluding carboxylic acids is 1. The molecular formula is C22H27N5O. The molecule has 4 rings (SSSR count). The molecule has 1 atom stereocenters.